The maximum Gasteiger partial charge on any atom is 0.174 e. The van der Waals surface area contributed by atoms with Crippen molar-refractivity contribution < 1.29 is 4.74 Å². The molecule has 0 radical (unpaired) electrons. The summed E-state index contributed by atoms with van der Waals surface area (Å²) in [6, 6.07) is 2.32. The minimum atomic E-state index is -0.0666. The first-order valence-corrected chi connectivity index (χ1v) is 5.90. The van der Waals surface area contributed by atoms with Gasteiger partial charge in [-0.3, -0.25) is 0 Å². The third-order valence-corrected chi connectivity index (χ3v) is 4.72. The standard InChI is InChI=1S/C12H17NO/c13-9-10-12(14-10)8-4-7-11(12)5-2-1-3-6-11/h10H,1-8H2. The number of nitrogens with zero attached hydrogens (tertiary/aromatic N) is 1. The predicted molar refractivity (Wildman–Crippen MR) is 52.6 cm³/mol. The van der Waals surface area contributed by atoms with Crippen molar-refractivity contribution in [2.75, 3.05) is 0 Å². The van der Waals surface area contributed by atoms with Gasteiger partial charge >= 0.3 is 0 Å². The number of nitriles is 1. The van der Waals surface area contributed by atoms with E-state index in [1.54, 1.807) is 0 Å². The van der Waals surface area contributed by atoms with Gasteiger partial charge in [0, 0.05) is 5.41 Å². The highest BCUT2D eigenvalue weighted by molar-refractivity contribution is 5.24. The number of hydrogen-bond acceptors (Lipinski definition) is 2. The molecule has 2 saturated carbocycles. The second-order valence-electron chi connectivity index (χ2n) is 5.21. The van der Waals surface area contributed by atoms with Gasteiger partial charge in [-0.25, -0.2) is 0 Å². The van der Waals surface area contributed by atoms with Crippen molar-refractivity contribution in [2.24, 2.45) is 5.41 Å². The Labute approximate surface area is 85.2 Å². The Morgan fingerprint density at radius 1 is 1.00 bits per heavy atom. The number of rotatable bonds is 0. The van der Waals surface area contributed by atoms with Crippen LogP contribution in [0.1, 0.15) is 51.4 Å². The van der Waals surface area contributed by atoms with E-state index in [-0.39, 0.29) is 11.7 Å². The molecule has 2 spiro atoms. The largest absolute Gasteiger partial charge is 0.349 e. The molecule has 2 atom stereocenters. The number of epoxide rings is 1. The fraction of sp³-hybridized carbons (Fsp3) is 0.917. The van der Waals surface area contributed by atoms with Crippen LogP contribution in [0.4, 0.5) is 0 Å². The lowest BCUT2D eigenvalue weighted by atomic mass is 9.66. The van der Waals surface area contributed by atoms with E-state index in [2.05, 4.69) is 6.07 Å². The maximum atomic E-state index is 8.97. The molecule has 3 fully saturated rings. The second-order valence-corrected chi connectivity index (χ2v) is 5.21. The first-order chi connectivity index (χ1) is 6.83. The number of ether oxygens (including phenoxy) is 1. The normalized spacial score (nSPS) is 44.1. The molecule has 0 amide bonds. The van der Waals surface area contributed by atoms with Crippen molar-refractivity contribution in [3.63, 3.8) is 0 Å². The van der Waals surface area contributed by atoms with E-state index in [9.17, 15) is 0 Å². The molecule has 0 N–H and O–H groups in total. The van der Waals surface area contributed by atoms with Crippen molar-refractivity contribution in [3.8, 4) is 6.07 Å². The summed E-state index contributed by atoms with van der Waals surface area (Å²) in [4.78, 5) is 0. The van der Waals surface area contributed by atoms with Crippen LogP contribution >= 0.6 is 0 Å². The van der Waals surface area contributed by atoms with Crippen LogP contribution in [-0.2, 0) is 4.74 Å². The Balaban J connectivity index is 1.88. The molecule has 0 aromatic carbocycles. The fourth-order valence-corrected chi connectivity index (χ4v) is 3.97. The molecule has 0 aromatic heterocycles. The molecule has 1 saturated heterocycles. The summed E-state index contributed by atoms with van der Waals surface area (Å²) in [6.07, 6.45) is 10.4. The van der Waals surface area contributed by atoms with Gasteiger partial charge in [0.2, 0.25) is 0 Å². The first-order valence-electron chi connectivity index (χ1n) is 5.90. The Hall–Kier alpha value is -0.550. The molecule has 1 aliphatic heterocycles. The summed E-state index contributed by atoms with van der Waals surface area (Å²) in [5.74, 6) is 0. The molecule has 2 aliphatic carbocycles. The van der Waals surface area contributed by atoms with Gasteiger partial charge in [-0.2, -0.15) is 5.26 Å². The monoisotopic (exact) mass is 191 g/mol. The molecule has 3 rings (SSSR count). The Morgan fingerprint density at radius 3 is 2.36 bits per heavy atom. The molecule has 0 bridgehead atoms. The highest BCUT2D eigenvalue weighted by Gasteiger charge is 2.70. The van der Waals surface area contributed by atoms with Gasteiger partial charge in [-0.1, -0.05) is 19.3 Å². The van der Waals surface area contributed by atoms with Gasteiger partial charge in [0.25, 0.3) is 0 Å². The van der Waals surface area contributed by atoms with Gasteiger partial charge in [-0.05, 0) is 32.1 Å². The van der Waals surface area contributed by atoms with E-state index in [0.717, 1.165) is 6.42 Å². The molecule has 2 nitrogen and oxygen atoms in total. The molecule has 2 unspecified atom stereocenters. The molecule has 14 heavy (non-hydrogen) atoms. The van der Waals surface area contributed by atoms with Crippen molar-refractivity contribution in [1.82, 2.24) is 0 Å². The van der Waals surface area contributed by atoms with Crippen LogP contribution < -0.4 is 0 Å². The summed E-state index contributed by atoms with van der Waals surface area (Å²) in [5, 5.41) is 8.97. The smallest absolute Gasteiger partial charge is 0.174 e. The number of hydrogen-bond donors (Lipinski definition) is 0. The van der Waals surface area contributed by atoms with Crippen LogP contribution in [0.3, 0.4) is 0 Å². The summed E-state index contributed by atoms with van der Waals surface area (Å²) in [5.41, 5.74) is 0.424. The van der Waals surface area contributed by atoms with E-state index in [0.29, 0.717) is 5.41 Å². The van der Waals surface area contributed by atoms with Crippen LogP contribution in [0, 0.1) is 16.7 Å². The van der Waals surface area contributed by atoms with Crippen LogP contribution in [0.2, 0.25) is 0 Å². The lowest BCUT2D eigenvalue weighted by molar-refractivity contribution is 0.0865. The summed E-state index contributed by atoms with van der Waals surface area (Å²) < 4.78 is 5.75. The van der Waals surface area contributed by atoms with Crippen LogP contribution in [0.5, 0.6) is 0 Å². The average Bonchev–Trinajstić information content (AvgIpc) is 2.85. The highest BCUT2D eigenvalue weighted by atomic mass is 16.6. The minimum Gasteiger partial charge on any atom is -0.349 e. The zero-order chi connectivity index (χ0) is 9.65. The van der Waals surface area contributed by atoms with Crippen molar-refractivity contribution >= 4 is 0 Å². The summed E-state index contributed by atoms with van der Waals surface area (Å²) in [7, 11) is 0. The van der Waals surface area contributed by atoms with Gasteiger partial charge in [-0.15, -0.1) is 0 Å². The molecular formula is C12H17NO. The zero-order valence-corrected chi connectivity index (χ0v) is 8.59. The highest BCUT2D eigenvalue weighted by Crippen LogP contribution is 2.65. The Kier molecular flexibility index (Phi) is 1.70. The molecule has 2 heteroatoms. The summed E-state index contributed by atoms with van der Waals surface area (Å²) >= 11 is 0. The van der Waals surface area contributed by atoms with Crippen LogP contribution in [0.25, 0.3) is 0 Å². The van der Waals surface area contributed by atoms with E-state index >= 15 is 0 Å². The van der Waals surface area contributed by atoms with Crippen molar-refractivity contribution in [2.45, 2.75) is 63.1 Å². The summed E-state index contributed by atoms with van der Waals surface area (Å²) in [6.45, 7) is 0. The minimum absolute atomic E-state index is 0.0160. The topological polar surface area (TPSA) is 36.3 Å². The van der Waals surface area contributed by atoms with Gasteiger partial charge in [0.1, 0.15) is 5.60 Å². The van der Waals surface area contributed by atoms with E-state index in [1.807, 2.05) is 0 Å². The second kappa shape index (κ2) is 2.73. The molecule has 3 aliphatic rings. The number of fused-ring (bicyclic) bond motifs is 1. The first kappa shape index (κ1) is 8.73. The average molecular weight is 191 g/mol. The molecular weight excluding hydrogens is 174 g/mol. The lowest BCUT2D eigenvalue weighted by Gasteiger charge is -2.37. The van der Waals surface area contributed by atoms with Crippen molar-refractivity contribution in [3.05, 3.63) is 0 Å². The van der Waals surface area contributed by atoms with Gasteiger partial charge in [0.05, 0.1) is 6.07 Å². The van der Waals surface area contributed by atoms with E-state index in [1.165, 1.54) is 44.9 Å². The van der Waals surface area contributed by atoms with Crippen LogP contribution in [0.15, 0.2) is 0 Å². The third-order valence-electron chi connectivity index (χ3n) is 4.72. The Morgan fingerprint density at radius 2 is 1.71 bits per heavy atom. The van der Waals surface area contributed by atoms with Crippen molar-refractivity contribution in [1.29, 1.82) is 5.26 Å². The van der Waals surface area contributed by atoms with E-state index in [4.69, 9.17) is 10.00 Å². The van der Waals surface area contributed by atoms with Gasteiger partial charge < -0.3 is 4.74 Å². The zero-order valence-electron chi connectivity index (χ0n) is 8.59. The quantitative estimate of drug-likeness (QED) is 0.552. The third kappa shape index (κ3) is 0.892. The molecule has 1 heterocycles. The Bertz CT molecular complexity index is 287. The molecule has 0 aromatic rings. The lowest BCUT2D eigenvalue weighted by Crippen LogP contribution is -2.36. The predicted octanol–water partition coefficient (Wildman–Crippen LogP) is 2.78. The van der Waals surface area contributed by atoms with Crippen LogP contribution in [-0.4, -0.2) is 11.7 Å². The fourth-order valence-electron chi connectivity index (χ4n) is 3.97. The van der Waals surface area contributed by atoms with Gasteiger partial charge in [0.15, 0.2) is 6.10 Å². The maximum absolute atomic E-state index is 8.97. The SMILES string of the molecule is N#CC1OC12CCCC21CCCCC1. The molecule has 76 valence electrons. The van der Waals surface area contributed by atoms with E-state index < -0.39 is 0 Å².